The van der Waals surface area contributed by atoms with E-state index in [0.29, 0.717) is 16.3 Å². The van der Waals surface area contributed by atoms with E-state index in [4.69, 9.17) is 16.7 Å². The van der Waals surface area contributed by atoms with E-state index >= 15 is 0 Å². The van der Waals surface area contributed by atoms with Gasteiger partial charge in [0, 0.05) is 17.9 Å². The lowest BCUT2D eigenvalue weighted by Crippen LogP contribution is -2.30. The Hall–Kier alpha value is -1.83. The van der Waals surface area contributed by atoms with E-state index in [-0.39, 0.29) is 30.8 Å². The molecule has 1 N–H and O–H groups in total. The van der Waals surface area contributed by atoms with Crippen molar-refractivity contribution in [2.45, 2.75) is 13.3 Å². The molecule has 2 amide bonds. The van der Waals surface area contributed by atoms with Crippen molar-refractivity contribution in [3.63, 3.8) is 0 Å². The van der Waals surface area contributed by atoms with Crippen LogP contribution >= 0.6 is 11.6 Å². The van der Waals surface area contributed by atoms with Crippen molar-refractivity contribution in [1.82, 2.24) is 0 Å². The highest BCUT2D eigenvalue weighted by molar-refractivity contribution is 6.35. The zero-order valence-electron chi connectivity index (χ0n) is 10.3. The summed E-state index contributed by atoms with van der Waals surface area (Å²) in [6.45, 7) is 1.46. The molecule has 4 nitrogen and oxygen atoms in total. The van der Waals surface area contributed by atoms with Gasteiger partial charge in [0.1, 0.15) is 6.61 Å². The first kappa shape index (κ1) is 13.6. The third-order valence-corrected chi connectivity index (χ3v) is 3.19. The van der Waals surface area contributed by atoms with Gasteiger partial charge in [0.2, 0.25) is 11.8 Å². The van der Waals surface area contributed by atoms with Crippen LogP contribution in [0.3, 0.4) is 0 Å². The number of benzene rings is 1. The minimum atomic E-state index is -0.323. The molecule has 0 saturated carbocycles. The number of halogens is 1. The van der Waals surface area contributed by atoms with Crippen LogP contribution in [0.2, 0.25) is 5.02 Å². The summed E-state index contributed by atoms with van der Waals surface area (Å²) in [5, 5.41) is 8.99. The van der Waals surface area contributed by atoms with Crippen molar-refractivity contribution in [2.24, 2.45) is 5.92 Å². The smallest absolute Gasteiger partial charge is 0.237 e. The minimum Gasteiger partial charge on any atom is -0.384 e. The van der Waals surface area contributed by atoms with E-state index < -0.39 is 0 Å². The second-order valence-corrected chi connectivity index (χ2v) is 4.71. The maximum Gasteiger partial charge on any atom is 0.237 e. The number of carbonyl (C=O) groups is 2. The molecule has 1 fully saturated rings. The van der Waals surface area contributed by atoms with Gasteiger partial charge in [0.25, 0.3) is 0 Å². The number of aliphatic hydroxyl groups is 1. The molecule has 1 unspecified atom stereocenters. The van der Waals surface area contributed by atoms with E-state index in [1.165, 1.54) is 0 Å². The number of rotatable bonds is 1. The largest absolute Gasteiger partial charge is 0.384 e. The predicted octanol–water partition coefficient (Wildman–Crippen LogP) is 1.58. The van der Waals surface area contributed by atoms with E-state index in [9.17, 15) is 9.59 Å². The standard InChI is InChI=1S/C14H12ClNO3/c1-9-7-13(18)16(14(9)19)12-8-10(3-2-6-17)4-5-11(12)15/h4-5,8-9,17H,6-7H2,1H3. The Morgan fingerprint density at radius 3 is 2.79 bits per heavy atom. The van der Waals surface area contributed by atoms with Crippen LogP contribution in [0.25, 0.3) is 0 Å². The molecule has 98 valence electrons. The lowest BCUT2D eigenvalue weighted by atomic mass is 10.1. The Balaban J connectivity index is 2.44. The fourth-order valence-electron chi connectivity index (χ4n) is 1.94. The molecule has 2 rings (SSSR count). The second kappa shape index (κ2) is 5.43. The Morgan fingerprint density at radius 2 is 2.21 bits per heavy atom. The maximum absolute atomic E-state index is 12.0. The van der Waals surface area contributed by atoms with Crippen LogP contribution in [-0.4, -0.2) is 23.5 Å². The first-order valence-corrected chi connectivity index (χ1v) is 6.18. The summed E-state index contributed by atoms with van der Waals surface area (Å²) in [5.74, 6) is 4.39. The predicted molar refractivity (Wildman–Crippen MR) is 71.7 cm³/mol. The number of imide groups is 1. The van der Waals surface area contributed by atoms with Gasteiger partial charge in [-0.3, -0.25) is 9.59 Å². The molecule has 1 saturated heterocycles. The summed E-state index contributed by atoms with van der Waals surface area (Å²) in [4.78, 5) is 24.9. The summed E-state index contributed by atoms with van der Waals surface area (Å²) >= 11 is 6.04. The van der Waals surface area contributed by atoms with Gasteiger partial charge in [0.05, 0.1) is 10.7 Å². The number of carbonyl (C=O) groups excluding carboxylic acids is 2. The fourth-order valence-corrected chi connectivity index (χ4v) is 2.14. The highest BCUT2D eigenvalue weighted by Gasteiger charge is 2.37. The van der Waals surface area contributed by atoms with Crippen molar-refractivity contribution in [3.05, 3.63) is 28.8 Å². The van der Waals surface area contributed by atoms with Crippen LogP contribution in [-0.2, 0) is 9.59 Å². The monoisotopic (exact) mass is 277 g/mol. The van der Waals surface area contributed by atoms with Crippen LogP contribution in [0.5, 0.6) is 0 Å². The summed E-state index contributed by atoms with van der Waals surface area (Å²) in [7, 11) is 0. The normalized spacial score (nSPS) is 18.5. The van der Waals surface area contributed by atoms with Crippen molar-refractivity contribution in [1.29, 1.82) is 0 Å². The Kier molecular flexibility index (Phi) is 3.89. The lowest BCUT2D eigenvalue weighted by molar-refractivity contribution is -0.122. The molecule has 1 aromatic carbocycles. The van der Waals surface area contributed by atoms with Gasteiger partial charge in [-0.1, -0.05) is 30.4 Å². The molecule has 1 heterocycles. The number of amides is 2. The second-order valence-electron chi connectivity index (χ2n) is 4.30. The summed E-state index contributed by atoms with van der Waals surface area (Å²) in [6.07, 6.45) is 0.196. The van der Waals surface area contributed by atoms with Gasteiger partial charge < -0.3 is 5.11 Å². The Labute approximate surface area is 116 Å². The topological polar surface area (TPSA) is 57.6 Å². The third kappa shape index (κ3) is 2.62. The number of nitrogens with zero attached hydrogens (tertiary/aromatic N) is 1. The van der Waals surface area contributed by atoms with E-state index in [1.807, 2.05) is 0 Å². The maximum atomic E-state index is 12.0. The van der Waals surface area contributed by atoms with Crippen molar-refractivity contribution >= 4 is 29.1 Å². The molecule has 1 atom stereocenters. The van der Waals surface area contributed by atoms with Gasteiger partial charge in [0.15, 0.2) is 0 Å². The van der Waals surface area contributed by atoms with Crippen molar-refractivity contribution < 1.29 is 14.7 Å². The molecular formula is C14H12ClNO3. The number of aliphatic hydroxyl groups excluding tert-OH is 1. The van der Waals surface area contributed by atoms with Crippen LogP contribution in [0, 0.1) is 17.8 Å². The molecule has 0 bridgehead atoms. The number of hydrogen-bond donors (Lipinski definition) is 1. The van der Waals surface area contributed by atoms with Gasteiger partial charge in [-0.05, 0) is 18.2 Å². The zero-order chi connectivity index (χ0) is 14.0. The fraction of sp³-hybridized carbons (Fsp3) is 0.286. The molecule has 1 aliphatic heterocycles. The van der Waals surface area contributed by atoms with Crippen molar-refractivity contribution in [3.8, 4) is 11.8 Å². The number of hydrogen-bond acceptors (Lipinski definition) is 3. The SMILES string of the molecule is CC1CC(=O)N(c2cc(C#CCO)ccc2Cl)C1=O. The molecule has 1 aliphatic rings. The van der Waals surface area contributed by atoms with Crippen molar-refractivity contribution in [2.75, 3.05) is 11.5 Å². The van der Waals surface area contributed by atoms with Crippen LogP contribution < -0.4 is 4.90 Å². The first-order chi connectivity index (χ1) is 9.04. The van der Waals surface area contributed by atoms with Crippen LogP contribution in [0.4, 0.5) is 5.69 Å². The average molecular weight is 278 g/mol. The van der Waals surface area contributed by atoms with E-state index in [2.05, 4.69) is 11.8 Å². The van der Waals surface area contributed by atoms with Crippen LogP contribution in [0.1, 0.15) is 18.9 Å². The zero-order valence-corrected chi connectivity index (χ0v) is 11.1. The van der Waals surface area contributed by atoms with Gasteiger partial charge in [-0.2, -0.15) is 0 Å². The summed E-state index contributed by atoms with van der Waals surface area (Å²) < 4.78 is 0. The average Bonchev–Trinajstić information content (AvgIpc) is 2.63. The minimum absolute atomic E-state index is 0.196. The molecule has 5 heteroatoms. The molecule has 0 aliphatic carbocycles. The molecule has 0 aromatic heterocycles. The molecule has 1 aromatic rings. The number of anilines is 1. The lowest BCUT2D eigenvalue weighted by Gasteiger charge is -2.16. The van der Waals surface area contributed by atoms with E-state index in [0.717, 1.165) is 4.90 Å². The first-order valence-electron chi connectivity index (χ1n) is 5.80. The highest BCUT2D eigenvalue weighted by atomic mass is 35.5. The Bertz CT molecular complexity index is 600. The quantitative estimate of drug-likeness (QED) is 0.626. The van der Waals surface area contributed by atoms with Gasteiger partial charge in [-0.25, -0.2) is 4.90 Å². The molecule has 0 radical (unpaired) electrons. The third-order valence-electron chi connectivity index (χ3n) is 2.87. The van der Waals surface area contributed by atoms with Crippen LogP contribution in [0.15, 0.2) is 18.2 Å². The molecular weight excluding hydrogens is 266 g/mol. The van der Waals surface area contributed by atoms with Gasteiger partial charge >= 0.3 is 0 Å². The Morgan fingerprint density at radius 1 is 1.47 bits per heavy atom. The van der Waals surface area contributed by atoms with E-state index in [1.54, 1.807) is 25.1 Å². The molecule has 0 spiro atoms. The van der Waals surface area contributed by atoms with Gasteiger partial charge in [-0.15, -0.1) is 0 Å². The highest BCUT2D eigenvalue weighted by Crippen LogP contribution is 2.32. The summed E-state index contributed by atoms with van der Waals surface area (Å²) in [5.41, 5.74) is 0.944. The summed E-state index contributed by atoms with van der Waals surface area (Å²) in [6, 6.07) is 4.84. The molecule has 19 heavy (non-hydrogen) atoms.